The Bertz CT molecular complexity index is 710. The average molecular weight is 273 g/mol. The maximum atomic E-state index is 11.0. The summed E-state index contributed by atoms with van der Waals surface area (Å²) in [5, 5.41) is 21.1. The molecule has 20 heavy (non-hydrogen) atoms. The van der Waals surface area contributed by atoms with Crippen molar-refractivity contribution in [2.24, 2.45) is 5.92 Å². The van der Waals surface area contributed by atoms with E-state index < -0.39 is 10.9 Å². The Morgan fingerprint density at radius 2 is 2.10 bits per heavy atom. The monoisotopic (exact) mass is 273 g/mol. The van der Waals surface area contributed by atoms with Gasteiger partial charge in [-0.05, 0) is 12.1 Å². The van der Waals surface area contributed by atoms with Crippen LogP contribution in [0, 0.1) is 16.0 Å². The Kier molecular flexibility index (Phi) is 2.74. The molecule has 1 aliphatic rings. The number of nitro groups is 1. The molecule has 0 bridgehead atoms. The van der Waals surface area contributed by atoms with Gasteiger partial charge in [0.15, 0.2) is 0 Å². The van der Waals surface area contributed by atoms with E-state index >= 15 is 0 Å². The zero-order valence-electron chi connectivity index (χ0n) is 10.4. The summed E-state index contributed by atoms with van der Waals surface area (Å²) >= 11 is 0. The van der Waals surface area contributed by atoms with Crippen molar-refractivity contribution in [1.82, 2.24) is 4.98 Å². The van der Waals surface area contributed by atoms with Crippen LogP contribution in [-0.2, 0) is 4.79 Å². The normalized spacial score (nSPS) is 15.1. The lowest BCUT2D eigenvalue weighted by Crippen LogP contribution is -2.50. The van der Waals surface area contributed by atoms with E-state index in [0.29, 0.717) is 18.5 Å². The van der Waals surface area contributed by atoms with Gasteiger partial charge in [0, 0.05) is 42.6 Å². The van der Waals surface area contributed by atoms with Gasteiger partial charge in [-0.3, -0.25) is 19.9 Å². The molecule has 0 amide bonds. The standard InChI is InChI=1S/C13H11N3O4/c17-13(18)8-6-15(7-8)11-1-2-12(16(19)20)10-5-14-4-3-9(10)11/h1-5,8H,6-7H2,(H,17,18). The highest BCUT2D eigenvalue weighted by atomic mass is 16.6. The molecule has 1 saturated heterocycles. The first-order chi connectivity index (χ1) is 9.58. The van der Waals surface area contributed by atoms with Crippen LogP contribution >= 0.6 is 0 Å². The third-order valence-corrected chi connectivity index (χ3v) is 3.54. The first-order valence-electron chi connectivity index (χ1n) is 6.07. The molecule has 3 rings (SSSR count). The van der Waals surface area contributed by atoms with Gasteiger partial charge in [0.1, 0.15) is 0 Å². The zero-order chi connectivity index (χ0) is 14.3. The van der Waals surface area contributed by atoms with E-state index in [0.717, 1.165) is 11.1 Å². The third kappa shape index (κ3) is 1.83. The molecule has 0 aliphatic carbocycles. The van der Waals surface area contributed by atoms with Crippen molar-refractivity contribution < 1.29 is 14.8 Å². The number of carboxylic acid groups (broad SMARTS) is 1. The quantitative estimate of drug-likeness (QED) is 0.674. The van der Waals surface area contributed by atoms with Gasteiger partial charge < -0.3 is 10.0 Å². The molecule has 0 atom stereocenters. The van der Waals surface area contributed by atoms with Crippen LogP contribution in [0.3, 0.4) is 0 Å². The zero-order valence-corrected chi connectivity index (χ0v) is 10.4. The molecule has 1 aromatic heterocycles. The van der Waals surface area contributed by atoms with Gasteiger partial charge in [0.05, 0.1) is 16.2 Å². The first kappa shape index (κ1) is 12.3. The Hall–Kier alpha value is -2.70. The van der Waals surface area contributed by atoms with Gasteiger partial charge in [0.25, 0.3) is 5.69 Å². The topological polar surface area (TPSA) is 96.6 Å². The predicted molar refractivity (Wildman–Crippen MR) is 71.7 cm³/mol. The number of aliphatic carboxylic acids is 1. The second-order valence-electron chi connectivity index (χ2n) is 4.72. The minimum Gasteiger partial charge on any atom is -0.481 e. The lowest BCUT2D eigenvalue weighted by molar-refractivity contribution is -0.383. The van der Waals surface area contributed by atoms with Crippen molar-refractivity contribution in [3.05, 3.63) is 40.7 Å². The molecule has 2 aromatic rings. The van der Waals surface area contributed by atoms with Crippen molar-refractivity contribution in [2.45, 2.75) is 0 Å². The van der Waals surface area contributed by atoms with Crippen molar-refractivity contribution in [1.29, 1.82) is 0 Å². The van der Waals surface area contributed by atoms with Gasteiger partial charge in [-0.15, -0.1) is 0 Å². The van der Waals surface area contributed by atoms with E-state index in [9.17, 15) is 14.9 Å². The van der Waals surface area contributed by atoms with Crippen molar-refractivity contribution in [2.75, 3.05) is 18.0 Å². The maximum absolute atomic E-state index is 11.0. The Morgan fingerprint density at radius 1 is 1.35 bits per heavy atom. The summed E-state index contributed by atoms with van der Waals surface area (Å²) in [7, 11) is 0. The highest BCUT2D eigenvalue weighted by Crippen LogP contribution is 2.35. The largest absolute Gasteiger partial charge is 0.481 e. The van der Waals surface area contributed by atoms with Gasteiger partial charge in [0.2, 0.25) is 0 Å². The van der Waals surface area contributed by atoms with Crippen molar-refractivity contribution in [3.8, 4) is 0 Å². The molecule has 7 nitrogen and oxygen atoms in total. The Balaban J connectivity index is 2.04. The van der Waals surface area contributed by atoms with E-state index in [2.05, 4.69) is 4.98 Å². The molecule has 0 radical (unpaired) electrons. The number of rotatable bonds is 3. The van der Waals surface area contributed by atoms with Crippen LogP contribution in [0.1, 0.15) is 0 Å². The maximum Gasteiger partial charge on any atom is 0.310 e. The molecule has 1 aromatic carbocycles. The number of carbonyl (C=O) groups is 1. The molecule has 1 aliphatic heterocycles. The molecular weight excluding hydrogens is 262 g/mol. The minimum atomic E-state index is -0.811. The summed E-state index contributed by atoms with van der Waals surface area (Å²) in [6.45, 7) is 0.842. The second-order valence-corrected chi connectivity index (χ2v) is 4.72. The van der Waals surface area contributed by atoms with Crippen molar-refractivity contribution >= 4 is 28.1 Å². The summed E-state index contributed by atoms with van der Waals surface area (Å²) in [5.74, 6) is -1.18. The molecule has 1 N–H and O–H groups in total. The fourth-order valence-corrected chi connectivity index (χ4v) is 2.43. The Morgan fingerprint density at radius 3 is 2.75 bits per heavy atom. The number of hydrogen-bond donors (Lipinski definition) is 1. The number of pyridine rings is 1. The number of anilines is 1. The summed E-state index contributed by atoms with van der Waals surface area (Å²) in [6, 6.07) is 4.82. The number of aromatic nitrogens is 1. The summed E-state index contributed by atoms with van der Waals surface area (Å²) in [4.78, 5) is 27.2. The summed E-state index contributed by atoms with van der Waals surface area (Å²) in [6.07, 6.45) is 3.04. The van der Waals surface area contributed by atoms with Crippen LogP contribution in [0.2, 0.25) is 0 Å². The van der Waals surface area contributed by atoms with Gasteiger partial charge in [-0.1, -0.05) is 0 Å². The van der Waals surface area contributed by atoms with E-state index in [1.165, 1.54) is 12.3 Å². The highest BCUT2D eigenvalue weighted by molar-refractivity contribution is 6.00. The Labute approximate surface area is 113 Å². The number of benzene rings is 1. The van der Waals surface area contributed by atoms with Crippen LogP contribution < -0.4 is 4.90 Å². The molecule has 0 saturated carbocycles. The molecule has 102 valence electrons. The predicted octanol–water partition coefficient (Wildman–Crippen LogP) is 1.66. The van der Waals surface area contributed by atoms with E-state index in [1.807, 2.05) is 4.90 Å². The summed E-state index contributed by atoms with van der Waals surface area (Å²) in [5.41, 5.74) is 0.817. The van der Waals surface area contributed by atoms with Crippen LogP contribution in [0.15, 0.2) is 30.6 Å². The van der Waals surface area contributed by atoms with Gasteiger partial charge >= 0.3 is 5.97 Å². The third-order valence-electron chi connectivity index (χ3n) is 3.54. The van der Waals surface area contributed by atoms with Crippen LogP contribution in [0.4, 0.5) is 11.4 Å². The lowest BCUT2D eigenvalue weighted by Gasteiger charge is -2.39. The number of nitrogens with zero attached hydrogens (tertiary/aromatic N) is 3. The number of nitro benzene ring substituents is 1. The lowest BCUT2D eigenvalue weighted by atomic mass is 9.97. The SMILES string of the molecule is O=C(O)C1CN(c2ccc([N+](=O)[O-])c3cnccc23)C1. The summed E-state index contributed by atoms with van der Waals surface area (Å²) < 4.78 is 0. The molecule has 0 spiro atoms. The van der Waals surface area contributed by atoms with Crippen molar-refractivity contribution in [3.63, 3.8) is 0 Å². The molecule has 0 unspecified atom stereocenters. The first-order valence-corrected chi connectivity index (χ1v) is 6.07. The van der Waals surface area contributed by atoms with E-state index in [-0.39, 0.29) is 11.6 Å². The van der Waals surface area contributed by atoms with Crippen LogP contribution in [-0.4, -0.2) is 34.1 Å². The molecule has 7 heteroatoms. The number of fused-ring (bicyclic) bond motifs is 1. The average Bonchev–Trinajstić information content (AvgIpc) is 2.36. The van der Waals surface area contributed by atoms with E-state index in [4.69, 9.17) is 5.11 Å². The minimum absolute atomic E-state index is 0.00663. The number of carboxylic acids is 1. The van der Waals surface area contributed by atoms with Crippen LogP contribution in [0.25, 0.3) is 10.8 Å². The fourth-order valence-electron chi connectivity index (χ4n) is 2.43. The van der Waals surface area contributed by atoms with Gasteiger partial charge in [-0.25, -0.2) is 0 Å². The number of hydrogen-bond acceptors (Lipinski definition) is 5. The smallest absolute Gasteiger partial charge is 0.310 e. The number of non-ortho nitro benzene ring substituents is 1. The van der Waals surface area contributed by atoms with Crippen LogP contribution in [0.5, 0.6) is 0 Å². The molecule has 2 heterocycles. The van der Waals surface area contributed by atoms with E-state index in [1.54, 1.807) is 18.3 Å². The molecular formula is C13H11N3O4. The highest BCUT2D eigenvalue weighted by Gasteiger charge is 2.33. The second kappa shape index (κ2) is 4.44. The molecule has 1 fully saturated rings. The van der Waals surface area contributed by atoms with Gasteiger partial charge in [-0.2, -0.15) is 0 Å². The fraction of sp³-hybridized carbons (Fsp3) is 0.231.